The predicted molar refractivity (Wildman–Crippen MR) is 82.5 cm³/mol. The summed E-state index contributed by atoms with van der Waals surface area (Å²) >= 11 is 3.96. The maximum Gasteiger partial charge on any atom is 0.320 e. The number of amides is 1. The molecule has 1 atom stereocenters. The van der Waals surface area contributed by atoms with Crippen LogP contribution >= 0.6 is 12.6 Å². The van der Waals surface area contributed by atoms with E-state index in [2.05, 4.69) is 17.9 Å². The second-order valence-electron chi connectivity index (χ2n) is 4.66. The molecule has 0 aromatic heterocycles. The van der Waals surface area contributed by atoms with Gasteiger partial charge in [0.25, 0.3) is 0 Å². The maximum atomic E-state index is 11.3. The lowest BCUT2D eigenvalue weighted by atomic mass is 10.1. The van der Waals surface area contributed by atoms with Gasteiger partial charge in [0.1, 0.15) is 6.04 Å². The number of nitrogens with zero attached hydrogens (tertiary/aromatic N) is 1. The zero-order valence-electron chi connectivity index (χ0n) is 12.2. The molecule has 1 amide bonds. The van der Waals surface area contributed by atoms with Crippen molar-refractivity contribution < 1.29 is 24.9 Å². The number of nitrogens with one attached hydrogen (secondary N) is 1. The Morgan fingerprint density at radius 2 is 1.76 bits per heavy atom. The summed E-state index contributed by atoms with van der Waals surface area (Å²) in [5.41, 5.74) is 0. The van der Waals surface area contributed by atoms with Crippen molar-refractivity contribution in [1.82, 2.24) is 10.2 Å². The molecule has 8 heteroatoms. The fraction of sp³-hybridized carbons (Fsp3) is 0.846. The average molecular weight is 322 g/mol. The highest BCUT2D eigenvalue weighted by molar-refractivity contribution is 7.80. The molecule has 0 bridgehead atoms. The average Bonchev–Trinajstić information content (AvgIpc) is 2.42. The monoisotopic (exact) mass is 322 g/mol. The number of hydrogen-bond acceptors (Lipinski definition) is 6. The predicted octanol–water partition coefficient (Wildman–Crippen LogP) is -0.667. The molecule has 0 aliphatic carbocycles. The lowest BCUT2D eigenvalue weighted by Crippen LogP contribution is -2.44. The molecule has 21 heavy (non-hydrogen) atoms. The zero-order valence-corrected chi connectivity index (χ0v) is 13.1. The first-order chi connectivity index (χ1) is 10.1. The number of rotatable bonds is 13. The van der Waals surface area contributed by atoms with Gasteiger partial charge in [0.05, 0.1) is 13.2 Å². The smallest absolute Gasteiger partial charge is 0.320 e. The molecule has 0 spiro atoms. The molecule has 0 aromatic rings. The molecule has 1 unspecified atom stereocenters. The van der Waals surface area contributed by atoms with Gasteiger partial charge in [-0.2, -0.15) is 12.6 Å². The number of aliphatic hydroxyl groups is 2. The van der Waals surface area contributed by atoms with Crippen LogP contribution in [0.4, 0.5) is 0 Å². The molecule has 7 nitrogen and oxygen atoms in total. The van der Waals surface area contributed by atoms with Gasteiger partial charge in [0.15, 0.2) is 0 Å². The third kappa shape index (κ3) is 9.67. The summed E-state index contributed by atoms with van der Waals surface area (Å²) in [7, 11) is 0. The van der Waals surface area contributed by atoms with Crippen molar-refractivity contribution in [3.8, 4) is 0 Å². The Kier molecular flexibility index (Phi) is 12.4. The minimum absolute atomic E-state index is 0.0537. The molecule has 4 N–H and O–H groups in total. The van der Waals surface area contributed by atoms with Gasteiger partial charge in [-0.3, -0.25) is 14.5 Å². The summed E-state index contributed by atoms with van der Waals surface area (Å²) < 4.78 is 0. The standard InChI is InChI=1S/C13H26N2O5S/c16-8-6-15(7-9-17)11(13(19)20)3-1-2-5-14-12(18)4-10-21/h11,16-17,21H,1-10H2,(H,14,18)(H,19,20). The number of thiol groups is 1. The van der Waals surface area contributed by atoms with Crippen LogP contribution in [0.2, 0.25) is 0 Å². The molecule has 124 valence electrons. The van der Waals surface area contributed by atoms with E-state index in [1.165, 1.54) is 0 Å². The van der Waals surface area contributed by atoms with E-state index in [0.717, 1.165) is 0 Å². The van der Waals surface area contributed by atoms with Crippen LogP contribution in [0.1, 0.15) is 25.7 Å². The molecular formula is C13H26N2O5S. The quantitative estimate of drug-likeness (QED) is 0.227. The minimum Gasteiger partial charge on any atom is -0.480 e. The number of hydrogen-bond donors (Lipinski definition) is 5. The molecule has 0 aromatic carbocycles. The Labute approximate surface area is 130 Å². The summed E-state index contributed by atoms with van der Waals surface area (Å²) in [5, 5.41) is 29.9. The molecule has 0 saturated heterocycles. The number of carboxylic acids is 1. The third-order valence-corrected chi connectivity index (χ3v) is 3.29. The normalized spacial score (nSPS) is 12.4. The van der Waals surface area contributed by atoms with Gasteiger partial charge >= 0.3 is 5.97 Å². The first kappa shape index (κ1) is 20.2. The Hall–Kier alpha value is -0.830. The van der Waals surface area contributed by atoms with E-state index in [4.69, 9.17) is 10.2 Å². The van der Waals surface area contributed by atoms with Crippen LogP contribution in [-0.2, 0) is 9.59 Å². The molecule has 0 fully saturated rings. The van der Waals surface area contributed by atoms with E-state index >= 15 is 0 Å². The van der Waals surface area contributed by atoms with Crippen LogP contribution in [0.5, 0.6) is 0 Å². The number of carbonyl (C=O) groups excluding carboxylic acids is 1. The highest BCUT2D eigenvalue weighted by Gasteiger charge is 2.24. The van der Waals surface area contributed by atoms with Gasteiger partial charge < -0.3 is 20.6 Å². The van der Waals surface area contributed by atoms with Crippen molar-refractivity contribution >= 4 is 24.5 Å². The maximum absolute atomic E-state index is 11.3. The van der Waals surface area contributed by atoms with Gasteiger partial charge in [-0.05, 0) is 25.0 Å². The highest BCUT2D eigenvalue weighted by atomic mass is 32.1. The van der Waals surface area contributed by atoms with Crippen molar-refractivity contribution in [1.29, 1.82) is 0 Å². The molecule has 0 radical (unpaired) electrons. The second-order valence-corrected chi connectivity index (χ2v) is 5.10. The largest absolute Gasteiger partial charge is 0.480 e. The number of carboxylic acid groups (broad SMARTS) is 1. The van der Waals surface area contributed by atoms with Gasteiger partial charge in [-0.1, -0.05) is 0 Å². The highest BCUT2D eigenvalue weighted by Crippen LogP contribution is 2.09. The van der Waals surface area contributed by atoms with Crippen LogP contribution in [0.25, 0.3) is 0 Å². The topological polar surface area (TPSA) is 110 Å². The van der Waals surface area contributed by atoms with Gasteiger partial charge in [0.2, 0.25) is 5.91 Å². The van der Waals surface area contributed by atoms with Crippen LogP contribution in [0.15, 0.2) is 0 Å². The van der Waals surface area contributed by atoms with Crippen molar-refractivity contribution in [2.24, 2.45) is 0 Å². The van der Waals surface area contributed by atoms with Gasteiger partial charge in [-0.15, -0.1) is 0 Å². The number of aliphatic hydroxyl groups excluding tert-OH is 2. The summed E-state index contributed by atoms with van der Waals surface area (Å²) in [6.45, 7) is 0.651. The SMILES string of the molecule is O=C(CCS)NCCCCC(C(=O)O)N(CCO)CCO. The first-order valence-corrected chi connectivity index (χ1v) is 7.76. The Morgan fingerprint density at radius 1 is 1.14 bits per heavy atom. The number of unbranched alkanes of at least 4 members (excludes halogenated alkanes) is 1. The lowest BCUT2D eigenvalue weighted by molar-refractivity contribution is -0.144. The fourth-order valence-corrected chi connectivity index (χ4v) is 2.23. The zero-order chi connectivity index (χ0) is 16.1. The van der Waals surface area contributed by atoms with E-state index in [1.807, 2.05) is 0 Å². The summed E-state index contributed by atoms with van der Waals surface area (Å²) in [6, 6.07) is -0.725. The van der Waals surface area contributed by atoms with Crippen molar-refractivity contribution in [2.75, 3.05) is 38.6 Å². The van der Waals surface area contributed by atoms with Crippen molar-refractivity contribution in [3.63, 3.8) is 0 Å². The van der Waals surface area contributed by atoms with Gasteiger partial charge in [0, 0.05) is 26.1 Å². The number of carbonyl (C=O) groups is 2. The van der Waals surface area contributed by atoms with E-state index in [0.29, 0.717) is 38.0 Å². The fourth-order valence-electron chi connectivity index (χ4n) is 2.02. The first-order valence-electron chi connectivity index (χ1n) is 7.13. The Bertz CT molecular complexity index is 298. The van der Waals surface area contributed by atoms with Gasteiger partial charge in [-0.25, -0.2) is 0 Å². The van der Waals surface area contributed by atoms with Crippen LogP contribution in [0.3, 0.4) is 0 Å². The van der Waals surface area contributed by atoms with Crippen molar-refractivity contribution in [3.05, 3.63) is 0 Å². The lowest BCUT2D eigenvalue weighted by Gasteiger charge is -2.27. The van der Waals surface area contributed by atoms with E-state index in [-0.39, 0.29) is 32.2 Å². The summed E-state index contributed by atoms with van der Waals surface area (Å²) in [4.78, 5) is 24.0. The van der Waals surface area contributed by atoms with E-state index in [1.54, 1.807) is 4.90 Å². The Balaban J connectivity index is 4.08. The Morgan fingerprint density at radius 3 is 2.24 bits per heavy atom. The van der Waals surface area contributed by atoms with E-state index < -0.39 is 12.0 Å². The third-order valence-electron chi connectivity index (χ3n) is 3.07. The molecule has 0 heterocycles. The molecule has 0 saturated carbocycles. The van der Waals surface area contributed by atoms with E-state index in [9.17, 15) is 14.7 Å². The summed E-state index contributed by atoms with van der Waals surface area (Å²) in [5.74, 6) is -0.512. The molecule has 0 aliphatic heterocycles. The number of aliphatic carboxylic acids is 1. The molecule has 0 rings (SSSR count). The van der Waals surface area contributed by atoms with Crippen LogP contribution in [0, 0.1) is 0 Å². The summed E-state index contributed by atoms with van der Waals surface area (Å²) in [6.07, 6.45) is 2.12. The minimum atomic E-state index is -0.962. The van der Waals surface area contributed by atoms with Crippen LogP contribution < -0.4 is 5.32 Å². The van der Waals surface area contributed by atoms with Crippen molar-refractivity contribution in [2.45, 2.75) is 31.7 Å². The second kappa shape index (κ2) is 12.9. The van der Waals surface area contributed by atoms with Crippen LogP contribution in [-0.4, -0.2) is 76.7 Å². The molecule has 0 aliphatic rings. The molecular weight excluding hydrogens is 296 g/mol.